The van der Waals surface area contributed by atoms with Gasteiger partial charge in [0.15, 0.2) is 5.96 Å². The van der Waals surface area contributed by atoms with Gasteiger partial charge in [0.2, 0.25) is 0 Å². The van der Waals surface area contributed by atoms with Crippen molar-refractivity contribution < 1.29 is 14.6 Å². The van der Waals surface area contributed by atoms with Gasteiger partial charge in [-0.2, -0.15) is 0 Å². The van der Waals surface area contributed by atoms with Crippen LogP contribution in [0.4, 0.5) is 4.79 Å². The molecule has 0 aromatic carbocycles. The molecule has 0 aliphatic heterocycles. The molecule has 7 nitrogen and oxygen atoms in total. The van der Waals surface area contributed by atoms with E-state index in [1.165, 1.54) is 0 Å². The van der Waals surface area contributed by atoms with E-state index in [4.69, 9.17) is 9.73 Å². The maximum Gasteiger partial charge on any atom is 0.410 e. The van der Waals surface area contributed by atoms with Crippen LogP contribution in [-0.2, 0) is 4.74 Å². The molecule has 0 spiro atoms. The maximum atomic E-state index is 12.2. The van der Waals surface area contributed by atoms with Crippen molar-refractivity contribution in [3.8, 4) is 0 Å². The van der Waals surface area contributed by atoms with E-state index >= 15 is 0 Å². The summed E-state index contributed by atoms with van der Waals surface area (Å²) >= 11 is 0. The molecule has 174 valence electrons. The summed E-state index contributed by atoms with van der Waals surface area (Å²) in [6.45, 7) is 16.3. The van der Waals surface area contributed by atoms with E-state index in [1.807, 2.05) is 34.6 Å². The summed E-state index contributed by atoms with van der Waals surface area (Å²) in [5.74, 6) is 0.777. The first-order valence-corrected chi connectivity index (χ1v) is 10.6. The number of aliphatic imine (C=N–C) groups is 1. The predicted molar refractivity (Wildman–Crippen MR) is 132 cm³/mol. The average Bonchev–Trinajstić information content (AvgIpc) is 2.62. The van der Waals surface area contributed by atoms with Crippen LogP contribution in [0.15, 0.2) is 4.99 Å². The number of rotatable bonds is 11. The van der Waals surface area contributed by atoms with Gasteiger partial charge in [-0.25, -0.2) is 4.79 Å². The lowest BCUT2D eigenvalue weighted by atomic mass is 9.79. The van der Waals surface area contributed by atoms with Crippen LogP contribution in [0, 0.1) is 5.41 Å². The highest BCUT2D eigenvalue weighted by atomic mass is 127. The second-order valence-corrected chi connectivity index (χ2v) is 8.53. The fourth-order valence-electron chi connectivity index (χ4n) is 2.84. The van der Waals surface area contributed by atoms with Crippen LogP contribution in [0.3, 0.4) is 0 Å². The molecule has 1 amide bonds. The van der Waals surface area contributed by atoms with E-state index in [9.17, 15) is 9.90 Å². The summed E-state index contributed by atoms with van der Waals surface area (Å²) in [6.07, 6.45) is 3.22. The van der Waals surface area contributed by atoms with Gasteiger partial charge in [0.1, 0.15) is 5.60 Å². The Morgan fingerprint density at radius 2 is 1.76 bits per heavy atom. The first-order valence-electron chi connectivity index (χ1n) is 10.6. The lowest BCUT2D eigenvalue weighted by Gasteiger charge is -2.30. The highest BCUT2D eigenvalue weighted by Gasteiger charge is 2.25. The summed E-state index contributed by atoms with van der Waals surface area (Å²) in [7, 11) is 1.77. The Hall–Kier alpha value is -0.770. The quantitative estimate of drug-likeness (QED) is 0.215. The van der Waals surface area contributed by atoms with Crippen molar-refractivity contribution in [1.82, 2.24) is 15.5 Å². The zero-order chi connectivity index (χ0) is 21.8. The summed E-state index contributed by atoms with van der Waals surface area (Å²) in [5, 5.41) is 16.0. The highest BCUT2D eigenvalue weighted by Crippen LogP contribution is 2.30. The number of hydrogen-bond donors (Lipinski definition) is 3. The molecule has 1 atom stereocenters. The first-order chi connectivity index (χ1) is 13.0. The molecule has 8 heteroatoms. The zero-order valence-electron chi connectivity index (χ0n) is 19.8. The third-order valence-electron chi connectivity index (χ3n) is 5.26. The van der Waals surface area contributed by atoms with E-state index in [2.05, 4.69) is 24.5 Å². The molecule has 0 saturated heterocycles. The van der Waals surface area contributed by atoms with Crippen LogP contribution in [0.1, 0.15) is 74.1 Å². The second kappa shape index (κ2) is 15.1. The minimum absolute atomic E-state index is 0. The van der Waals surface area contributed by atoms with E-state index < -0.39 is 5.60 Å². The fraction of sp³-hybridized carbons (Fsp3) is 0.905. The molecule has 29 heavy (non-hydrogen) atoms. The highest BCUT2D eigenvalue weighted by molar-refractivity contribution is 14.0. The topological polar surface area (TPSA) is 86.2 Å². The normalized spacial score (nSPS) is 13.3. The molecule has 0 radical (unpaired) electrons. The van der Waals surface area contributed by atoms with Gasteiger partial charge in [-0.1, -0.05) is 13.8 Å². The molecule has 0 aromatic rings. The van der Waals surface area contributed by atoms with Crippen LogP contribution in [0.25, 0.3) is 0 Å². The number of nitrogens with one attached hydrogen (secondary N) is 2. The van der Waals surface area contributed by atoms with Crippen molar-refractivity contribution in [3.63, 3.8) is 0 Å². The number of aliphatic hydroxyl groups is 1. The van der Waals surface area contributed by atoms with Crippen molar-refractivity contribution in [2.75, 3.05) is 33.3 Å². The Labute approximate surface area is 195 Å². The van der Waals surface area contributed by atoms with Crippen LogP contribution in [0.2, 0.25) is 0 Å². The molecule has 0 aliphatic carbocycles. The van der Waals surface area contributed by atoms with E-state index in [-0.39, 0.29) is 48.1 Å². The summed E-state index contributed by atoms with van der Waals surface area (Å²) in [5.41, 5.74) is -0.449. The Morgan fingerprint density at radius 1 is 1.17 bits per heavy atom. The number of amides is 1. The molecular formula is C21H45IN4O3. The van der Waals surface area contributed by atoms with Gasteiger partial charge in [-0.05, 0) is 65.7 Å². The third kappa shape index (κ3) is 12.5. The Kier molecular flexibility index (Phi) is 15.8. The molecule has 0 saturated carbocycles. The van der Waals surface area contributed by atoms with Gasteiger partial charge >= 0.3 is 6.09 Å². The van der Waals surface area contributed by atoms with Crippen molar-refractivity contribution in [3.05, 3.63) is 0 Å². The number of nitrogens with zero attached hydrogens (tertiary/aromatic N) is 2. The standard InChI is InChI=1S/C21H44N4O3.HI/c1-9-21(10-2,13-15-26)16-24-18(22-11-3)23-14-12-17(4)25(8)19(27)28-20(5,6)7;/h17,26H,9-16H2,1-8H3,(H2,22,23,24);1H. The minimum Gasteiger partial charge on any atom is -0.444 e. The molecule has 0 heterocycles. The van der Waals surface area contributed by atoms with Crippen LogP contribution < -0.4 is 10.6 Å². The Balaban J connectivity index is 0. The van der Waals surface area contributed by atoms with E-state index in [1.54, 1.807) is 11.9 Å². The number of hydrogen-bond acceptors (Lipinski definition) is 4. The van der Waals surface area contributed by atoms with Crippen LogP contribution in [-0.4, -0.2) is 67.0 Å². The van der Waals surface area contributed by atoms with Gasteiger partial charge in [-0.3, -0.25) is 4.99 Å². The largest absolute Gasteiger partial charge is 0.444 e. The van der Waals surface area contributed by atoms with Crippen molar-refractivity contribution in [2.24, 2.45) is 10.4 Å². The van der Waals surface area contributed by atoms with E-state index in [0.717, 1.165) is 38.2 Å². The SMILES string of the molecule is CCNC(=NCC(CC)(CC)CCO)NCCC(C)N(C)C(=O)OC(C)(C)C.I. The van der Waals surface area contributed by atoms with Gasteiger partial charge < -0.3 is 25.4 Å². The van der Waals surface area contributed by atoms with Gasteiger partial charge in [-0.15, -0.1) is 24.0 Å². The smallest absolute Gasteiger partial charge is 0.410 e. The monoisotopic (exact) mass is 528 g/mol. The summed E-state index contributed by atoms with van der Waals surface area (Å²) in [6, 6.07) is 0.0463. The first kappa shape index (κ1) is 30.4. The lowest BCUT2D eigenvalue weighted by molar-refractivity contribution is 0.0230. The molecule has 0 aromatic heterocycles. The van der Waals surface area contributed by atoms with Crippen LogP contribution >= 0.6 is 24.0 Å². The van der Waals surface area contributed by atoms with Crippen molar-refractivity contribution in [2.45, 2.75) is 85.8 Å². The molecular weight excluding hydrogens is 483 g/mol. The van der Waals surface area contributed by atoms with Crippen LogP contribution in [0.5, 0.6) is 0 Å². The molecule has 1 unspecified atom stereocenters. The molecule has 0 bridgehead atoms. The van der Waals surface area contributed by atoms with Gasteiger partial charge in [0, 0.05) is 39.3 Å². The number of ether oxygens (including phenoxy) is 1. The number of carbonyl (C=O) groups is 1. The summed E-state index contributed by atoms with van der Waals surface area (Å²) < 4.78 is 5.42. The zero-order valence-corrected chi connectivity index (χ0v) is 22.1. The molecule has 0 rings (SSSR count). The predicted octanol–water partition coefficient (Wildman–Crippen LogP) is 3.99. The van der Waals surface area contributed by atoms with E-state index in [0.29, 0.717) is 13.1 Å². The number of halogens is 1. The average molecular weight is 529 g/mol. The number of aliphatic hydroxyl groups excluding tert-OH is 1. The Bertz CT molecular complexity index is 477. The van der Waals surface area contributed by atoms with Gasteiger partial charge in [0.25, 0.3) is 0 Å². The second-order valence-electron chi connectivity index (χ2n) is 8.53. The third-order valence-corrected chi connectivity index (χ3v) is 5.26. The number of guanidine groups is 1. The maximum absolute atomic E-state index is 12.2. The molecule has 3 N–H and O–H groups in total. The lowest BCUT2D eigenvalue weighted by Crippen LogP contribution is -2.43. The molecule has 0 fully saturated rings. The number of carbonyl (C=O) groups excluding carboxylic acids is 1. The van der Waals surface area contributed by atoms with Crippen molar-refractivity contribution >= 4 is 36.0 Å². The van der Waals surface area contributed by atoms with Crippen molar-refractivity contribution in [1.29, 1.82) is 0 Å². The molecule has 0 aliphatic rings. The fourth-order valence-corrected chi connectivity index (χ4v) is 2.84. The summed E-state index contributed by atoms with van der Waals surface area (Å²) in [4.78, 5) is 18.6. The van der Waals surface area contributed by atoms with Gasteiger partial charge in [0.05, 0.1) is 0 Å². The minimum atomic E-state index is -0.492. The Morgan fingerprint density at radius 3 is 2.21 bits per heavy atom.